The largest absolute Gasteiger partial charge is 0.504 e. The van der Waals surface area contributed by atoms with Crippen LogP contribution >= 0.6 is 0 Å². The molecule has 0 aliphatic carbocycles. The molecule has 3 heterocycles. The van der Waals surface area contributed by atoms with E-state index in [9.17, 15) is 9.90 Å². The molecule has 5 rings (SSSR count). The van der Waals surface area contributed by atoms with Gasteiger partial charge in [0.05, 0.1) is 24.2 Å². The monoisotopic (exact) mass is 380 g/mol. The van der Waals surface area contributed by atoms with E-state index >= 15 is 0 Å². The zero-order valence-electron chi connectivity index (χ0n) is 15.8. The lowest BCUT2D eigenvalue weighted by atomic mass is 9.81. The fourth-order valence-electron chi connectivity index (χ4n) is 4.05. The molecule has 28 heavy (non-hydrogen) atoms. The zero-order chi connectivity index (χ0) is 19.6. The quantitative estimate of drug-likeness (QED) is 0.813. The van der Waals surface area contributed by atoms with Gasteiger partial charge in [-0.2, -0.15) is 0 Å². The van der Waals surface area contributed by atoms with E-state index < -0.39 is 17.6 Å². The third-order valence-electron chi connectivity index (χ3n) is 5.42. The highest BCUT2D eigenvalue weighted by molar-refractivity contribution is 6.06. The molecule has 0 saturated carbocycles. The van der Waals surface area contributed by atoms with Gasteiger partial charge in [-0.1, -0.05) is 0 Å². The Bertz CT molecular complexity index is 1040. The van der Waals surface area contributed by atoms with Gasteiger partial charge in [0.15, 0.2) is 17.3 Å². The summed E-state index contributed by atoms with van der Waals surface area (Å²) in [6, 6.07) is 6.70. The highest BCUT2D eigenvalue weighted by atomic mass is 16.5. The Balaban J connectivity index is 1.61. The number of fused-ring (bicyclic) bond motifs is 6. The van der Waals surface area contributed by atoms with Gasteiger partial charge < -0.3 is 24.1 Å². The van der Waals surface area contributed by atoms with Crippen molar-refractivity contribution in [2.75, 3.05) is 13.7 Å². The number of methoxy groups -OCH3 is 1. The van der Waals surface area contributed by atoms with Crippen LogP contribution in [-0.2, 0) is 0 Å². The number of hydrogen-bond donors (Lipinski definition) is 1. The first-order chi connectivity index (χ1) is 13.4. The molecule has 2 aromatic rings. The van der Waals surface area contributed by atoms with Crippen LogP contribution in [0.5, 0.6) is 28.7 Å². The lowest BCUT2D eigenvalue weighted by Gasteiger charge is -2.38. The Morgan fingerprint density at radius 3 is 2.82 bits per heavy atom. The molecule has 1 N–H and O–H groups in total. The molecule has 0 spiro atoms. The Hall–Kier alpha value is -3.15. The Morgan fingerprint density at radius 2 is 2.04 bits per heavy atom. The number of phenolic OH excluding ortho intramolecular Hbond substituents is 1. The van der Waals surface area contributed by atoms with E-state index in [0.29, 0.717) is 34.1 Å². The van der Waals surface area contributed by atoms with Gasteiger partial charge in [0.25, 0.3) is 0 Å². The second-order valence-corrected chi connectivity index (χ2v) is 7.76. The molecule has 3 aliphatic heterocycles. The summed E-state index contributed by atoms with van der Waals surface area (Å²) in [7, 11) is 1.47. The fourth-order valence-corrected chi connectivity index (χ4v) is 4.05. The van der Waals surface area contributed by atoms with Crippen LogP contribution in [0.1, 0.15) is 41.3 Å². The van der Waals surface area contributed by atoms with E-state index in [1.807, 2.05) is 32.1 Å². The van der Waals surface area contributed by atoms with Crippen LogP contribution < -0.4 is 18.9 Å². The number of benzene rings is 2. The second-order valence-electron chi connectivity index (χ2n) is 7.76. The Morgan fingerprint density at radius 1 is 1.21 bits per heavy atom. The van der Waals surface area contributed by atoms with Crippen LogP contribution in [-0.4, -0.2) is 36.3 Å². The van der Waals surface area contributed by atoms with Crippen molar-refractivity contribution in [3.63, 3.8) is 0 Å². The summed E-state index contributed by atoms with van der Waals surface area (Å²) in [5.74, 6) is 1.42. The first kappa shape index (κ1) is 17.0. The number of aromatic hydroxyl groups is 1. The van der Waals surface area contributed by atoms with Crippen molar-refractivity contribution in [3.05, 3.63) is 47.0 Å². The summed E-state index contributed by atoms with van der Waals surface area (Å²) >= 11 is 0. The molecule has 0 saturated heterocycles. The minimum Gasteiger partial charge on any atom is -0.504 e. The molecule has 0 amide bonds. The van der Waals surface area contributed by atoms with E-state index in [2.05, 4.69) is 0 Å². The topological polar surface area (TPSA) is 74.2 Å². The third-order valence-corrected chi connectivity index (χ3v) is 5.42. The van der Waals surface area contributed by atoms with Crippen molar-refractivity contribution in [2.24, 2.45) is 0 Å². The van der Waals surface area contributed by atoms with Crippen LogP contribution in [0.3, 0.4) is 0 Å². The van der Waals surface area contributed by atoms with Crippen molar-refractivity contribution < 1.29 is 28.8 Å². The van der Waals surface area contributed by atoms with Crippen molar-refractivity contribution >= 4 is 11.9 Å². The van der Waals surface area contributed by atoms with E-state index in [4.69, 9.17) is 18.9 Å². The maximum absolute atomic E-state index is 13.4. The van der Waals surface area contributed by atoms with Crippen molar-refractivity contribution in [3.8, 4) is 28.7 Å². The molecule has 1 unspecified atom stereocenters. The van der Waals surface area contributed by atoms with E-state index in [1.165, 1.54) is 13.2 Å². The molecular weight excluding hydrogens is 360 g/mol. The van der Waals surface area contributed by atoms with Gasteiger partial charge in [-0.3, -0.25) is 4.79 Å². The van der Waals surface area contributed by atoms with Crippen molar-refractivity contribution in [1.82, 2.24) is 0 Å². The molecule has 2 aromatic carbocycles. The van der Waals surface area contributed by atoms with E-state index in [1.54, 1.807) is 12.1 Å². The first-order valence-electron chi connectivity index (χ1n) is 9.18. The van der Waals surface area contributed by atoms with Gasteiger partial charge in [-0.05, 0) is 44.2 Å². The number of hydrogen-bond acceptors (Lipinski definition) is 6. The maximum atomic E-state index is 13.4. The number of carbonyl (C=O) groups is 1. The molecule has 6 nitrogen and oxygen atoms in total. The van der Waals surface area contributed by atoms with Gasteiger partial charge in [-0.25, -0.2) is 0 Å². The Kier molecular flexibility index (Phi) is 3.44. The summed E-state index contributed by atoms with van der Waals surface area (Å²) in [5, 5.41) is 10.2. The van der Waals surface area contributed by atoms with Crippen LogP contribution in [0.4, 0.5) is 0 Å². The molecule has 2 atom stereocenters. The van der Waals surface area contributed by atoms with Gasteiger partial charge in [0.2, 0.25) is 0 Å². The number of ether oxygens (including phenoxy) is 4. The normalized spacial score (nSPS) is 23.2. The molecule has 0 bridgehead atoms. The second kappa shape index (κ2) is 5.67. The predicted octanol–water partition coefficient (Wildman–Crippen LogP) is 3.70. The molecule has 144 valence electrons. The highest BCUT2D eigenvalue weighted by Gasteiger charge is 2.44. The van der Waals surface area contributed by atoms with Crippen LogP contribution in [0.2, 0.25) is 0 Å². The van der Waals surface area contributed by atoms with Crippen LogP contribution in [0.25, 0.3) is 6.08 Å². The molecule has 0 radical (unpaired) electrons. The molecule has 6 heteroatoms. The number of carbonyl (C=O) groups excluding carboxylic acids is 1. The number of rotatable bonds is 1. The first-order valence-corrected chi connectivity index (χ1v) is 9.18. The highest BCUT2D eigenvalue weighted by Crippen LogP contribution is 2.49. The summed E-state index contributed by atoms with van der Waals surface area (Å²) in [5.41, 5.74) is 1.48. The number of ketones is 1. The van der Waals surface area contributed by atoms with Gasteiger partial charge in [-0.15, -0.1) is 0 Å². The number of Topliss-reactive ketones (excluding diaryl/α,β-unsaturated/α-hetero) is 1. The number of phenols is 1. The summed E-state index contributed by atoms with van der Waals surface area (Å²) in [4.78, 5) is 13.4. The van der Waals surface area contributed by atoms with Gasteiger partial charge in [0, 0.05) is 11.6 Å². The minimum atomic E-state index is -0.545. The maximum Gasteiger partial charge on any atom is 0.178 e. The molecule has 3 aliphatic rings. The average Bonchev–Trinajstić information content (AvgIpc) is 2.66. The van der Waals surface area contributed by atoms with E-state index in [0.717, 1.165) is 5.56 Å². The third kappa shape index (κ3) is 2.37. The Labute approximate surface area is 162 Å². The van der Waals surface area contributed by atoms with Crippen molar-refractivity contribution in [2.45, 2.75) is 31.5 Å². The predicted molar refractivity (Wildman–Crippen MR) is 102 cm³/mol. The van der Waals surface area contributed by atoms with Crippen molar-refractivity contribution in [1.29, 1.82) is 0 Å². The van der Waals surface area contributed by atoms with Gasteiger partial charge in [0.1, 0.15) is 35.6 Å². The molecular formula is C22H20O6. The molecule has 0 aromatic heterocycles. The fraction of sp³-hybridized carbons (Fsp3) is 0.318. The van der Waals surface area contributed by atoms with Gasteiger partial charge >= 0.3 is 0 Å². The lowest BCUT2D eigenvalue weighted by molar-refractivity contribution is 0.0553. The lowest BCUT2D eigenvalue weighted by Crippen LogP contribution is -2.43. The van der Waals surface area contributed by atoms with E-state index in [-0.39, 0.29) is 18.1 Å². The van der Waals surface area contributed by atoms with Crippen LogP contribution in [0, 0.1) is 0 Å². The molecule has 0 fully saturated rings. The summed E-state index contributed by atoms with van der Waals surface area (Å²) in [6.45, 7) is 4.18. The summed E-state index contributed by atoms with van der Waals surface area (Å²) < 4.78 is 23.2. The zero-order valence-corrected chi connectivity index (χ0v) is 15.8. The summed E-state index contributed by atoms with van der Waals surface area (Å²) in [6.07, 6.45) is 3.42. The SMILES string of the molecule is COc1cc2c(cc1O)C1C(=O)c3ccc4c(c3O[C@@H]1CO2)C=CC(C)(C)O4. The standard InChI is InChI=1S/C22H20O6/c1-22(2)7-6-11-15(28-22)5-4-12-20(24)19-13-8-14(23)17(25-3)9-16(13)26-10-18(19)27-21(11)12/h4-9,18-19,23H,10H2,1-3H3/t18-,19?/m1/s1. The average molecular weight is 380 g/mol. The smallest absolute Gasteiger partial charge is 0.178 e. The van der Waals surface area contributed by atoms with Crippen LogP contribution in [0.15, 0.2) is 30.3 Å². The minimum absolute atomic E-state index is 0.0342.